The van der Waals surface area contributed by atoms with Gasteiger partial charge in [-0.3, -0.25) is 9.59 Å². The first-order chi connectivity index (χ1) is 13.6. The Morgan fingerprint density at radius 3 is 2.86 bits per heavy atom. The first kappa shape index (κ1) is 18.9. The predicted molar refractivity (Wildman–Crippen MR) is 105 cm³/mol. The van der Waals surface area contributed by atoms with E-state index in [-0.39, 0.29) is 18.1 Å². The van der Waals surface area contributed by atoms with Gasteiger partial charge < -0.3 is 14.5 Å². The largest absolute Gasteiger partial charge is 0.349 e. The van der Waals surface area contributed by atoms with Crippen LogP contribution in [0.5, 0.6) is 0 Å². The summed E-state index contributed by atoms with van der Waals surface area (Å²) in [7, 11) is 0. The van der Waals surface area contributed by atoms with Gasteiger partial charge in [0.05, 0.1) is 13.0 Å². The van der Waals surface area contributed by atoms with Gasteiger partial charge in [-0.05, 0) is 38.2 Å². The molecule has 0 saturated heterocycles. The number of aryl methyl sites for hydroxylation is 1. The number of Topliss-reactive ketones (excluding diaryl/α,β-unsaturated/α-hetero) is 1. The number of carbonyl (C=O) groups is 2. The van der Waals surface area contributed by atoms with E-state index in [1.54, 1.807) is 0 Å². The van der Waals surface area contributed by atoms with E-state index >= 15 is 0 Å². The normalized spacial score (nSPS) is 15.6. The Kier molecular flexibility index (Phi) is 5.33. The summed E-state index contributed by atoms with van der Waals surface area (Å²) in [6.45, 7) is 6.46. The summed E-state index contributed by atoms with van der Waals surface area (Å²) in [6.07, 6.45) is 6.91. The number of nitrogens with zero attached hydrogens (tertiary/aromatic N) is 4. The third kappa shape index (κ3) is 3.38. The molecule has 7 heteroatoms. The fourth-order valence-electron chi connectivity index (χ4n) is 4.56. The lowest BCUT2D eigenvalue weighted by atomic mass is 9.92. The molecule has 2 aromatic heterocycles. The first-order valence-electron chi connectivity index (χ1n) is 10.5. The maximum atomic E-state index is 12.7. The van der Waals surface area contributed by atoms with Crippen LogP contribution in [0.3, 0.4) is 0 Å². The average molecular weight is 383 g/mol. The number of nitrogens with one attached hydrogen (secondary N) is 1. The molecule has 1 N–H and O–H groups in total. The number of fused-ring (bicyclic) bond motifs is 2. The number of hydrogen-bond acceptors (Lipinski definition) is 4. The highest BCUT2D eigenvalue weighted by Gasteiger charge is 2.29. The molecule has 0 saturated carbocycles. The predicted octanol–water partition coefficient (Wildman–Crippen LogP) is 2.51. The van der Waals surface area contributed by atoms with E-state index in [0.717, 1.165) is 85.8 Å². The van der Waals surface area contributed by atoms with Crippen LogP contribution in [0.4, 0.5) is 0 Å². The molecule has 0 unspecified atom stereocenters. The number of hydrogen-bond donors (Lipinski definition) is 1. The van der Waals surface area contributed by atoms with Gasteiger partial charge >= 0.3 is 0 Å². The van der Waals surface area contributed by atoms with E-state index in [9.17, 15) is 9.59 Å². The van der Waals surface area contributed by atoms with Crippen LogP contribution in [0.1, 0.15) is 78.0 Å². The van der Waals surface area contributed by atoms with Crippen molar-refractivity contribution in [3.63, 3.8) is 0 Å². The third-order valence-corrected chi connectivity index (χ3v) is 6.06. The fraction of sp³-hybridized carbons (Fsp3) is 0.619. The molecule has 4 rings (SSSR count). The van der Waals surface area contributed by atoms with Gasteiger partial charge in [0.15, 0.2) is 11.6 Å². The SMILES string of the molecule is CCCCn1c(C)c(CC(=O)NCc2nnc3n2CCC3)c2c1CCCC2=O. The molecule has 0 atom stereocenters. The smallest absolute Gasteiger partial charge is 0.224 e. The summed E-state index contributed by atoms with van der Waals surface area (Å²) in [5, 5.41) is 11.4. The minimum Gasteiger partial charge on any atom is -0.349 e. The van der Waals surface area contributed by atoms with Gasteiger partial charge in [0, 0.05) is 42.9 Å². The maximum Gasteiger partial charge on any atom is 0.224 e. The highest BCUT2D eigenvalue weighted by molar-refractivity contribution is 6.01. The molecule has 2 aliphatic rings. The summed E-state index contributed by atoms with van der Waals surface area (Å²) in [5.41, 5.74) is 3.95. The number of aromatic nitrogens is 4. The van der Waals surface area contributed by atoms with E-state index in [1.807, 2.05) is 0 Å². The molecule has 1 aliphatic carbocycles. The van der Waals surface area contributed by atoms with E-state index < -0.39 is 0 Å². The summed E-state index contributed by atoms with van der Waals surface area (Å²) in [4.78, 5) is 25.3. The number of unbranched alkanes of at least 4 members (excludes halogenated alkanes) is 1. The van der Waals surface area contributed by atoms with Crippen molar-refractivity contribution in [1.82, 2.24) is 24.6 Å². The summed E-state index contributed by atoms with van der Waals surface area (Å²) in [5.74, 6) is 1.95. The second-order valence-corrected chi connectivity index (χ2v) is 7.91. The quantitative estimate of drug-likeness (QED) is 0.796. The number of carbonyl (C=O) groups excluding carboxylic acids is 2. The molecule has 2 aromatic rings. The Morgan fingerprint density at radius 2 is 2.04 bits per heavy atom. The second kappa shape index (κ2) is 7.89. The fourth-order valence-corrected chi connectivity index (χ4v) is 4.56. The summed E-state index contributed by atoms with van der Waals surface area (Å²) < 4.78 is 4.38. The van der Waals surface area contributed by atoms with Gasteiger partial charge in [0.25, 0.3) is 0 Å². The molecule has 1 amide bonds. The van der Waals surface area contributed by atoms with Gasteiger partial charge in [-0.1, -0.05) is 13.3 Å². The van der Waals surface area contributed by atoms with Crippen LogP contribution in [0, 0.1) is 6.92 Å². The standard InChI is InChI=1S/C21H29N5O2/c1-3-4-10-25-14(2)15(21-16(25)7-5-8-17(21)27)12-20(28)22-13-19-24-23-18-9-6-11-26(18)19/h3-13H2,1-2H3,(H,22,28). The maximum absolute atomic E-state index is 12.7. The second-order valence-electron chi connectivity index (χ2n) is 7.91. The number of amides is 1. The van der Waals surface area contributed by atoms with Gasteiger partial charge in [-0.2, -0.15) is 0 Å². The van der Waals surface area contributed by atoms with Crippen molar-refractivity contribution >= 4 is 11.7 Å². The molecule has 28 heavy (non-hydrogen) atoms. The summed E-state index contributed by atoms with van der Waals surface area (Å²) >= 11 is 0. The van der Waals surface area contributed by atoms with Crippen molar-refractivity contribution in [3.05, 3.63) is 34.2 Å². The molecule has 0 spiro atoms. The zero-order valence-electron chi connectivity index (χ0n) is 16.9. The molecule has 0 aromatic carbocycles. The van der Waals surface area contributed by atoms with Crippen LogP contribution in [0.2, 0.25) is 0 Å². The van der Waals surface area contributed by atoms with E-state index in [0.29, 0.717) is 13.0 Å². The molecule has 0 radical (unpaired) electrons. The molecule has 1 aliphatic heterocycles. The first-order valence-corrected chi connectivity index (χ1v) is 10.5. The van der Waals surface area contributed by atoms with Crippen molar-refractivity contribution in [2.75, 3.05) is 0 Å². The van der Waals surface area contributed by atoms with Crippen LogP contribution < -0.4 is 5.32 Å². The average Bonchev–Trinajstić information content (AvgIpc) is 3.35. The van der Waals surface area contributed by atoms with E-state index in [1.165, 1.54) is 0 Å². The molecule has 150 valence electrons. The lowest BCUT2D eigenvalue weighted by molar-refractivity contribution is -0.120. The Balaban J connectivity index is 1.51. The highest BCUT2D eigenvalue weighted by Crippen LogP contribution is 2.30. The third-order valence-electron chi connectivity index (χ3n) is 6.06. The van der Waals surface area contributed by atoms with Crippen molar-refractivity contribution < 1.29 is 9.59 Å². The molecule has 7 nitrogen and oxygen atoms in total. The lowest BCUT2D eigenvalue weighted by Gasteiger charge is -2.15. The Labute approximate surface area is 165 Å². The van der Waals surface area contributed by atoms with E-state index in [4.69, 9.17) is 0 Å². The zero-order chi connectivity index (χ0) is 19.7. The van der Waals surface area contributed by atoms with Crippen LogP contribution >= 0.6 is 0 Å². The topological polar surface area (TPSA) is 81.8 Å². The van der Waals surface area contributed by atoms with Crippen LogP contribution in [0.15, 0.2) is 0 Å². The molecule has 0 bridgehead atoms. The van der Waals surface area contributed by atoms with Crippen LogP contribution in [-0.2, 0) is 43.7 Å². The Bertz CT molecular complexity index is 909. The molecule has 3 heterocycles. The number of rotatable bonds is 7. The van der Waals surface area contributed by atoms with Crippen LogP contribution in [0.25, 0.3) is 0 Å². The van der Waals surface area contributed by atoms with Gasteiger partial charge in [-0.25, -0.2) is 0 Å². The van der Waals surface area contributed by atoms with Gasteiger partial charge in [-0.15, -0.1) is 10.2 Å². The monoisotopic (exact) mass is 383 g/mol. The Hall–Kier alpha value is -2.44. The highest BCUT2D eigenvalue weighted by atomic mass is 16.1. The van der Waals surface area contributed by atoms with Crippen molar-refractivity contribution in [2.45, 2.75) is 84.8 Å². The van der Waals surface area contributed by atoms with Crippen molar-refractivity contribution in [2.24, 2.45) is 0 Å². The minimum atomic E-state index is -0.0627. The van der Waals surface area contributed by atoms with Crippen LogP contribution in [-0.4, -0.2) is 31.0 Å². The van der Waals surface area contributed by atoms with Gasteiger partial charge in [0.1, 0.15) is 5.82 Å². The number of ketones is 1. The minimum absolute atomic E-state index is 0.0627. The zero-order valence-corrected chi connectivity index (χ0v) is 16.9. The Morgan fingerprint density at radius 1 is 1.18 bits per heavy atom. The van der Waals surface area contributed by atoms with Crippen molar-refractivity contribution in [1.29, 1.82) is 0 Å². The van der Waals surface area contributed by atoms with Gasteiger partial charge in [0.2, 0.25) is 5.91 Å². The summed E-state index contributed by atoms with van der Waals surface area (Å²) in [6, 6.07) is 0. The lowest BCUT2D eigenvalue weighted by Crippen LogP contribution is -2.27. The van der Waals surface area contributed by atoms with Crippen molar-refractivity contribution in [3.8, 4) is 0 Å². The molecular weight excluding hydrogens is 354 g/mol. The van der Waals surface area contributed by atoms with E-state index in [2.05, 4.69) is 38.5 Å². The molecular formula is C21H29N5O2. The molecule has 0 fully saturated rings.